The topological polar surface area (TPSA) is 87.7 Å². The number of hydrogen-bond acceptors (Lipinski definition) is 6. The third-order valence-corrected chi connectivity index (χ3v) is 3.80. The molecule has 3 aromatic heterocycles. The first-order valence-corrected chi connectivity index (χ1v) is 7.98. The van der Waals surface area contributed by atoms with Crippen molar-refractivity contribution >= 4 is 11.2 Å². The van der Waals surface area contributed by atoms with E-state index < -0.39 is 11.9 Å². The fourth-order valence-corrected chi connectivity index (χ4v) is 2.59. The molecule has 0 amide bonds. The van der Waals surface area contributed by atoms with E-state index in [1.807, 2.05) is 6.07 Å². The van der Waals surface area contributed by atoms with Gasteiger partial charge in [0.05, 0.1) is 17.9 Å². The SMILES string of the molecule is O=c1c2nnn(-c3ccc(OC(F)(F)F)cc3)c2ncn1Cc1ccccn1. The number of aromatic nitrogens is 6. The van der Waals surface area contributed by atoms with E-state index in [9.17, 15) is 18.0 Å². The first-order valence-electron chi connectivity index (χ1n) is 7.98. The molecule has 0 saturated carbocycles. The summed E-state index contributed by atoms with van der Waals surface area (Å²) in [5, 5.41) is 7.76. The maximum Gasteiger partial charge on any atom is 0.573 e. The minimum atomic E-state index is -4.78. The van der Waals surface area contributed by atoms with Crippen molar-refractivity contribution in [2.45, 2.75) is 12.9 Å². The summed E-state index contributed by atoms with van der Waals surface area (Å²) in [6.07, 6.45) is -1.81. The molecular weight excluding hydrogens is 377 g/mol. The van der Waals surface area contributed by atoms with E-state index in [-0.39, 0.29) is 23.5 Å². The van der Waals surface area contributed by atoms with E-state index in [1.165, 1.54) is 27.7 Å². The molecule has 0 radical (unpaired) electrons. The van der Waals surface area contributed by atoms with Crippen LogP contribution in [0, 0.1) is 0 Å². The Morgan fingerprint density at radius 2 is 1.82 bits per heavy atom. The van der Waals surface area contributed by atoms with Gasteiger partial charge in [-0.1, -0.05) is 11.3 Å². The first kappa shape index (κ1) is 17.6. The standard InChI is InChI=1S/C17H11F3N6O2/c18-17(19,20)28-13-6-4-12(5-7-13)26-15-14(23-24-26)16(27)25(10-22-15)9-11-3-1-2-8-21-11/h1-8,10H,9H2. The lowest BCUT2D eigenvalue weighted by molar-refractivity contribution is -0.274. The van der Waals surface area contributed by atoms with Crippen LogP contribution in [0.3, 0.4) is 0 Å². The maximum absolute atomic E-state index is 12.6. The van der Waals surface area contributed by atoms with Gasteiger partial charge in [0.15, 0.2) is 11.2 Å². The van der Waals surface area contributed by atoms with Crippen molar-refractivity contribution < 1.29 is 17.9 Å². The highest BCUT2D eigenvalue weighted by Crippen LogP contribution is 2.24. The zero-order valence-electron chi connectivity index (χ0n) is 14.0. The van der Waals surface area contributed by atoms with Crippen LogP contribution in [-0.4, -0.2) is 35.9 Å². The van der Waals surface area contributed by atoms with Crippen molar-refractivity contribution in [3.05, 3.63) is 71.0 Å². The molecule has 0 aliphatic rings. The summed E-state index contributed by atoms with van der Waals surface area (Å²) in [4.78, 5) is 21.0. The van der Waals surface area contributed by atoms with Gasteiger partial charge < -0.3 is 4.74 Å². The Morgan fingerprint density at radius 1 is 1.04 bits per heavy atom. The predicted molar refractivity (Wildman–Crippen MR) is 90.9 cm³/mol. The summed E-state index contributed by atoms with van der Waals surface area (Å²) in [6.45, 7) is 0.221. The van der Waals surface area contributed by atoms with Crippen molar-refractivity contribution in [2.24, 2.45) is 0 Å². The lowest BCUT2D eigenvalue weighted by atomic mass is 10.3. The van der Waals surface area contributed by atoms with Crippen LogP contribution < -0.4 is 10.3 Å². The molecule has 0 spiro atoms. The molecule has 0 bridgehead atoms. The van der Waals surface area contributed by atoms with Gasteiger partial charge in [-0.25, -0.2) is 4.98 Å². The fraction of sp³-hybridized carbons (Fsp3) is 0.118. The molecule has 8 nitrogen and oxygen atoms in total. The van der Waals surface area contributed by atoms with Gasteiger partial charge >= 0.3 is 6.36 Å². The second-order valence-electron chi connectivity index (χ2n) is 5.71. The summed E-state index contributed by atoms with van der Waals surface area (Å²) < 4.78 is 43.2. The second kappa shape index (κ2) is 6.76. The van der Waals surface area contributed by atoms with Crippen molar-refractivity contribution in [2.75, 3.05) is 0 Å². The van der Waals surface area contributed by atoms with Crippen molar-refractivity contribution in [1.82, 2.24) is 29.5 Å². The predicted octanol–water partition coefficient (Wildman–Crippen LogP) is 2.32. The minimum Gasteiger partial charge on any atom is -0.406 e. The zero-order valence-corrected chi connectivity index (χ0v) is 14.0. The molecule has 28 heavy (non-hydrogen) atoms. The van der Waals surface area contributed by atoms with Crippen LogP contribution in [0.4, 0.5) is 13.2 Å². The quantitative estimate of drug-likeness (QED) is 0.533. The minimum absolute atomic E-state index is 0.0362. The van der Waals surface area contributed by atoms with E-state index in [2.05, 4.69) is 25.0 Å². The van der Waals surface area contributed by atoms with Crippen LogP contribution in [0.1, 0.15) is 5.69 Å². The van der Waals surface area contributed by atoms with Gasteiger partial charge in [-0.15, -0.1) is 18.3 Å². The molecule has 0 atom stereocenters. The molecule has 0 N–H and O–H groups in total. The molecule has 1 aromatic carbocycles. The van der Waals surface area contributed by atoms with Crippen molar-refractivity contribution in [1.29, 1.82) is 0 Å². The van der Waals surface area contributed by atoms with Gasteiger partial charge in [-0.3, -0.25) is 14.3 Å². The second-order valence-corrected chi connectivity index (χ2v) is 5.71. The molecule has 0 unspecified atom stereocenters. The maximum atomic E-state index is 12.6. The zero-order chi connectivity index (χ0) is 19.7. The third-order valence-electron chi connectivity index (χ3n) is 3.80. The Morgan fingerprint density at radius 3 is 2.50 bits per heavy atom. The summed E-state index contributed by atoms with van der Waals surface area (Å²) in [7, 11) is 0. The number of nitrogens with zero attached hydrogens (tertiary/aromatic N) is 6. The molecule has 142 valence electrons. The Kier molecular flexibility index (Phi) is 4.26. The molecule has 0 aliphatic carbocycles. The Labute approximate surface area is 154 Å². The molecule has 4 aromatic rings. The van der Waals surface area contributed by atoms with Crippen molar-refractivity contribution in [3.8, 4) is 11.4 Å². The molecule has 0 saturated heterocycles. The third kappa shape index (κ3) is 3.54. The van der Waals surface area contributed by atoms with Gasteiger partial charge in [-0.2, -0.15) is 4.68 Å². The van der Waals surface area contributed by atoms with Gasteiger partial charge in [0.1, 0.15) is 12.1 Å². The molecule has 11 heteroatoms. The molecular formula is C17H11F3N6O2. The smallest absolute Gasteiger partial charge is 0.406 e. The summed E-state index contributed by atoms with van der Waals surface area (Å²) >= 11 is 0. The first-order chi connectivity index (χ1) is 13.4. The monoisotopic (exact) mass is 388 g/mol. The van der Waals surface area contributed by atoms with Crippen LogP contribution in [-0.2, 0) is 6.54 Å². The van der Waals surface area contributed by atoms with Gasteiger partial charge in [-0.05, 0) is 36.4 Å². The van der Waals surface area contributed by atoms with Crippen LogP contribution >= 0.6 is 0 Å². The summed E-state index contributed by atoms with van der Waals surface area (Å²) in [5.74, 6) is -0.369. The number of fused-ring (bicyclic) bond motifs is 1. The van der Waals surface area contributed by atoms with E-state index in [0.717, 1.165) is 12.1 Å². The lowest BCUT2D eigenvalue weighted by Crippen LogP contribution is -2.22. The average molecular weight is 388 g/mol. The fourth-order valence-electron chi connectivity index (χ4n) is 2.59. The lowest BCUT2D eigenvalue weighted by Gasteiger charge is -2.09. The van der Waals surface area contributed by atoms with E-state index in [1.54, 1.807) is 18.3 Å². The summed E-state index contributed by atoms with van der Waals surface area (Å²) in [6, 6.07) is 10.3. The van der Waals surface area contributed by atoms with Crippen LogP contribution in [0.25, 0.3) is 16.9 Å². The van der Waals surface area contributed by atoms with Crippen molar-refractivity contribution in [3.63, 3.8) is 0 Å². The Bertz CT molecular complexity index is 1170. The normalized spacial score (nSPS) is 11.7. The average Bonchev–Trinajstić information content (AvgIpc) is 3.09. The molecule has 4 rings (SSSR count). The number of rotatable bonds is 4. The van der Waals surface area contributed by atoms with Crippen LogP contribution in [0.15, 0.2) is 59.8 Å². The highest BCUT2D eigenvalue weighted by Gasteiger charge is 2.31. The number of alkyl halides is 3. The molecule has 3 heterocycles. The Balaban J connectivity index is 1.66. The molecule has 0 fully saturated rings. The van der Waals surface area contributed by atoms with E-state index in [4.69, 9.17) is 0 Å². The van der Waals surface area contributed by atoms with E-state index in [0.29, 0.717) is 11.4 Å². The molecule has 0 aliphatic heterocycles. The highest BCUT2D eigenvalue weighted by atomic mass is 19.4. The van der Waals surface area contributed by atoms with Crippen LogP contribution in [0.5, 0.6) is 5.75 Å². The largest absolute Gasteiger partial charge is 0.573 e. The number of halogens is 3. The van der Waals surface area contributed by atoms with Gasteiger partial charge in [0.25, 0.3) is 5.56 Å². The number of ether oxygens (including phenoxy) is 1. The van der Waals surface area contributed by atoms with E-state index >= 15 is 0 Å². The number of benzene rings is 1. The Hall–Kier alpha value is -3.76. The number of hydrogen-bond donors (Lipinski definition) is 0. The van der Waals surface area contributed by atoms with Gasteiger partial charge in [0, 0.05) is 6.20 Å². The van der Waals surface area contributed by atoms with Crippen LogP contribution in [0.2, 0.25) is 0 Å². The summed E-state index contributed by atoms with van der Waals surface area (Å²) in [5.41, 5.74) is 0.879. The highest BCUT2D eigenvalue weighted by molar-refractivity contribution is 5.70. The van der Waals surface area contributed by atoms with Gasteiger partial charge in [0.2, 0.25) is 0 Å². The number of pyridine rings is 1.